The molecule has 1 aliphatic heterocycles. The van der Waals surface area contributed by atoms with Gasteiger partial charge in [-0.2, -0.15) is 0 Å². The second-order valence-corrected chi connectivity index (χ2v) is 12.7. The number of hydrogen-bond donors (Lipinski definition) is 1. The van der Waals surface area contributed by atoms with Gasteiger partial charge in [0.25, 0.3) is 5.91 Å². The van der Waals surface area contributed by atoms with E-state index in [1.807, 2.05) is 36.4 Å². The Morgan fingerprint density at radius 2 is 1.44 bits per heavy atom. The fraction of sp³-hybridized carbons (Fsp3) is 0.286. The Bertz CT molecular complexity index is 1730. The van der Waals surface area contributed by atoms with Gasteiger partial charge in [-0.15, -0.1) is 0 Å². The lowest BCUT2D eigenvalue weighted by Crippen LogP contribution is -2.35. The van der Waals surface area contributed by atoms with Crippen LogP contribution in [-0.2, 0) is 6.54 Å². The molecule has 3 heterocycles. The van der Waals surface area contributed by atoms with Crippen LogP contribution >= 0.6 is 23.2 Å². The number of likely N-dealkylation sites (tertiary alicyclic amines) is 1. The van der Waals surface area contributed by atoms with Gasteiger partial charge in [-0.05, 0) is 90.9 Å². The number of carbonyl (C=O) groups excluding carboxylic acids is 1. The summed E-state index contributed by atoms with van der Waals surface area (Å²) < 4.78 is 2.56. The minimum atomic E-state index is -0.492. The van der Waals surface area contributed by atoms with Crippen LogP contribution in [0, 0.1) is 0 Å². The first kappa shape index (κ1) is 28.1. The molecular formula is C35H33Cl2N5O. The number of nitrogens with two attached hydrogens (primary N) is 1. The third-order valence-corrected chi connectivity index (χ3v) is 9.29. The molecule has 8 heteroatoms. The van der Waals surface area contributed by atoms with E-state index in [2.05, 4.69) is 56.9 Å². The van der Waals surface area contributed by atoms with Gasteiger partial charge >= 0.3 is 0 Å². The fourth-order valence-electron chi connectivity index (χ4n) is 6.48. The van der Waals surface area contributed by atoms with Crippen molar-refractivity contribution in [1.82, 2.24) is 19.4 Å². The molecule has 1 saturated heterocycles. The third-order valence-electron chi connectivity index (χ3n) is 8.79. The van der Waals surface area contributed by atoms with Crippen molar-refractivity contribution < 1.29 is 4.79 Å². The van der Waals surface area contributed by atoms with E-state index in [1.54, 1.807) is 6.07 Å². The number of carbonyl (C=O) groups is 1. The van der Waals surface area contributed by atoms with Crippen LogP contribution in [0.25, 0.3) is 11.0 Å². The molecule has 5 aromatic rings. The Labute approximate surface area is 261 Å². The largest absolute Gasteiger partial charge is 0.364 e. The SMILES string of the molecule is NC(=O)c1cccc(CN2CCC(n3c(C4CC4)nc4ccc(C(c5ccc(Cl)cc5)c5ccc(Cl)cc5)cc43)CC2)n1. The minimum absolute atomic E-state index is 0.0390. The topological polar surface area (TPSA) is 77.0 Å². The molecule has 3 aromatic carbocycles. The maximum atomic E-state index is 11.6. The summed E-state index contributed by atoms with van der Waals surface area (Å²) in [5.41, 5.74) is 12.5. The van der Waals surface area contributed by atoms with Crippen molar-refractivity contribution in [3.05, 3.63) is 129 Å². The number of rotatable bonds is 8. The average molecular weight is 611 g/mol. The van der Waals surface area contributed by atoms with Crippen molar-refractivity contribution in [1.29, 1.82) is 0 Å². The molecule has 218 valence electrons. The Morgan fingerprint density at radius 1 is 0.814 bits per heavy atom. The number of aromatic nitrogens is 3. The number of nitrogens with zero attached hydrogens (tertiary/aromatic N) is 4. The monoisotopic (exact) mass is 609 g/mol. The van der Waals surface area contributed by atoms with E-state index >= 15 is 0 Å². The Balaban J connectivity index is 1.21. The smallest absolute Gasteiger partial charge is 0.267 e. The van der Waals surface area contributed by atoms with Crippen molar-refractivity contribution in [3.8, 4) is 0 Å². The Kier molecular flexibility index (Phi) is 7.68. The highest BCUT2D eigenvalue weighted by molar-refractivity contribution is 6.30. The molecule has 43 heavy (non-hydrogen) atoms. The molecule has 2 N–H and O–H groups in total. The highest BCUT2D eigenvalue weighted by atomic mass is 35.5. The molecule has 0 atom stereocenters. The van der Waals surface area contributed by atoms with Gasteiger partial charge in [0.05, 0.1) is 16.7 Å². The number of halogens is 2. The van der Waals surface area contributed by atoms with Gasteiger partial charge < -0.3 is 10.3 Å². The molecule has 1 saturated carbocycles. The van der Waals surface area contributed by atoms with Crippen LogP contribution in [0.4, 0.5) is 0 Å². The standard InChI is InChI=1S/C35H33Cl2N5O/c36-26-11-6-22(7-12-26)33(23-8-13-27(37)14-9-23)25-10-15-30-32(20-25)42(35(40-30)24-4-5-24)29-16-18-41(19-17-29)21-28-2-1-3-31(39-28)34(38)43/h1-3,6-15,20,24,29,33H,4-5,16-19,21H2,(H2,38,43). The van der Waals surface area contributed by atoms with Gasteiger partial charge in [-0.25, -0.2) is 9.97 Å². The van der Waals surface area contributed by atoms with E-state index in [0.29, 0.717) is 24.2 Å². The van der Waals surface area contributed by atoms with Crippen LogP contribution in [0.15, 0.2) is 84.9 Å². The van der Waals surface area contributed by atoms with E-state index in [9.17, 15) is 4.79 Å². The summed E-state index contributed by atoms with van der Waals surface area (Å²) in [7, 11) is 0. The van der Waals surface area contributed by atoms with Crippen LogP contribution < -0.4 is 5.73 Å². The summed E-state index contributed by atoms with van der Waals surface area (Å²) in [6.07, 6.45) is 4.47. The predicted molar refractivity (Wildman–Crippen MR) is 172 cm³/mol. The highest BCUT2D eigenvalue weighted by Gasteiger charge is 2.33. The first-order valence-electron chi connectivity index (χ1n) is 14.9. The summed E-state index contributed by atoms with van der Waals surface area (Å²) in [6.45, 7) is 2.62. The van der Waals surface area contributed by atoms with Gasteiger partial charge in [-0.1, -0.05) is 59.6 Å². The quantitative estimate of drug-likeness (QED) is 0.183. The molecule has 7 rings (SSSR count). The Hall–Kier alpha value is -3.71. The van der Waals surface area contributed by atoms with E-state index in [0.717, 1.165) is 47.2 Å². The molecule has 0 unspecified atom stereocenters. The van der Waals surface area contributed by atoms with Gasteiger partial charge in [0.1, 0.15) is 11.5 Å². The van der Waals surface area contributed by atoms with E-state index < -0.39 is 5.91 Å². The molecule has 0 radical (unpaired) electrons. The van der Waals surface area contributed by atoms with Crippen LogP contribution in [0.2, 0.25) is 10.0 Å². The molecule has 2 aliphatic rings. The summed E-state index contributed by atoms with van der Waals surface area (Å²) in [5, 5.41) is 1.45. The first-order chi connectivity index (χ1) is 20.9. The van der Waals surface area contributed by atoms with Crippen molar-refractivity contribution in [2.45, 2.75) is 50.1 Å². The molecular weight excluding hydrogens is 577 g/mol. The summed E-state index contributed by atoms with van der Waals surface area (Å²) >= 11 is 12.5. The number of hydrogen-bond acceptors (Lipinski definition) is 4. The van der Waals surface area contributed by atoms with Gasteiger partial charge in [0, 0.05) is 47.6 Å². The number of pyridine rings is 1. The zero-order chi connectivity index (χ0) is 29.5. The molecule has 0 bridgehead atoms. The summed E-state index contributed by atoms with van der Waals surface area (Å²) in [6, 6.07) is 28.9. The lowest BCUT2D eigenvalue weighted by atomic mass is 9.85. The highest BCUT2D eigenvalue weighted by Crippen LogP contribution is 2.44. The lowest BCUT2D eigenvalue weighted by Gasteiger charge is -2.33. The van der Waals surface area contributed by atoms with Crippen molar-refractivity contribution in [3.63, 3.8) is 0 Å². The van der Waals surface area contributed by atoms with Crippen LogP contribution in [0.3, 0.4) is 0 Å². The summed E-state index contributed by atoms with van der Waals surface area (Å²) in [4.78, 5) is 23.7. The zero-order valence-electron chi connectivity index (χ0n) is 23.8. The number of piperidine rings is 1. The minimum Gasteiger partial charge on any atom is -0.364 e. The molecule has 2 fully saturated rings. The van der Waals surface area contributed by atoms with E-state index in [1.165, 1.54) is 40.9 Å². The molecule has 1 amide bonds. The Morgan fingerprint density at radius 3 is 2.05 bits per heavy atom. The third kappa shape index (κ3) is 5.92. The second kappa shape index (κ2) is 11.8. The van der Waals surface area contributed by atoms with E-state index in [4.69, 9.17) is 33.9 Å². The van der Waals surface area contributed by atoms with Crippen LogP contribution in [-0.4, -0.2) is 38.4 Å². The van der Waals surface area contributed by atoms with Gasteiger partial charge in [0.15, 0.2) is 0 Å². The zero-order valence-corrected chi connectivity index (χ0v) is 25.3. The maximum absolute atomic E-state index is 11.6. The summed E-state index contributed by atoms with van der Waals surface area (Å²) in [5.74, 6) is 1.32. The molecule has 6 nitrogen and oxygen atoms in total. The number of fused-ring (bicyclic) bond motifs is 1. The van der Waals surface area contributed by atoms with Gasteiger partial charge in [0.2, 0.25) is 0 Å². The number of benzene rings is 3. The second-order valence-electron chi connectivity index (χ2n) is 11.8. The van der Waals surface area contributed by atoms with Crippen molar-refractivity contribution in [2.75, 3.05) is 13.1 Å². The predicted octanol–water partition coefficient (Wildman–Crippen LogP) is 7.73. The average Bonchev–Trinajstić information content (AvgIpc) is 3.80. The molecule has 2 aromatic heterocycles. The first-order valence-corrected chi connectivity index (χ1v) is 15.7. The van der Waals surface area contributed by atoms with Gasteiger partial charge in [-0.3, -0.25) is 9.69 Å². The maximum Gasteiger partial charge on any atom is 0.267 e. The number of imidazole rings is 1. The van der Waals surface area contributed by atoms with Crippen molar-refractivity contribution >= 4 is 40.1 Å². The molecule has 1 aliphatic carbocycles. The van der Waals surface area contributed by atoms with E-state index in [-0.39, 0.29) is 5.92 Å². The van der Waals surface area contributed by atoms with Crippen molar-refractivity contribution in [2.24, 2.45) is 5.73 Å². The number of amides is 1. The lowest BCUT2D eigenvalue weighted by molar-refractivity contribution is 0.0995. The normalized spacial score (nSPS) is 16.3. The van der Waals surface area contributed by atoms with Crippen LogP contribution in [0.1, 0.15) is 82.3 Å². The number of primary amides is 1. The van der Waals surface area contributed by atoms with Crippen LogP contribution in [0.5, 0.6) is 0 Å². The molecule has 0 spiro atoms. The fourth-order valence-corrected chi connectivity index (χ4v) is 6.73.